The molecule has 0 aromatic carbocycles. The van der Waals surface area contributed by atoms with Crippen LogP contribution in [-0.4, -0.2) is 11.9 Å². The first-order valence-electron chi connectivity index (χ1n) is 4.77. The van der Waals surface area contributed by atoms with Gasteiger partial charge in [-0.25, -0.2) is 0 Å². The molecular formula is C10H21NO. The normalized spacial score (nSPS) is 11.8. The van der Waals surface area contributed by atoms with Gasteiger partial charge in [-0.15, -0.1) is 0 Å². The van der Waals surface area contributed by atoms with Crippen LogP contribution in [0, 0.1) is 5.41 Å². The van der Waals surface area contributed by atoms with Gasteiger partial charge in [-0.3, -0.25) is 4.79 Å². The summed E-state index contributed by atoms with van der Waals surface area (Å²) in [7, 11) is 0. The maximum atomic E-state index is 11.6. The molecule has 0 aliphatic heterocycles. The minimum Gasteiger partial charge on any atom is -0.353 e. The van der Waals surface area contributed by atoms with Crippen LogP contribution in [0.1, 0.15) is 47.5 Å². The van der Waals surface area contributed by atoms with E-state index in [1.807, 2.05) is 20.8 Å². The van der Waals surface area contributed by atoms with Gasteiger partial charge >= 0.3 is 0 Å². The van der Waals surface area contributed by atoms with E-state index in [-0.39, 0.29) is 17.4 Å². The first-order chi connectivity index (χ1) is 5.46. The van der Waals surface area contributed by atoms with Gasteiger partial charge in [-0.1, -0.05) is 20.8 Å². The molecule has 0 aromatic heterocycles. The van der Waals surface area contributed by atoms with Gasteiger partial charge in [0.05, 0.1) is 0 Å². The molecule has 0 bridgehead atoms. The van der Waals surface area contributed by atoms with Gasteiger partial charge in [-0.2, -0.15) is 0 Å². The number of carbonyl (C=O) groups excluding carboxylic acids is 1. The molecule has 2 heteroatoms. The largest absolute Gasteiger partial charge is 0.353 e. The predicted octanol–water partition coefficient (Wildman–Crippen LogP) is 2.34. The molecule has 1 amide bonds. The lowest BCUT2D eigenvalue weighted by Gasteiger charge is -2.26. The first-order valence-corrected chi connectivity index (χ1v) is 4.77. The molecule has 0 heterocycles. The quantitative estimate of drug-likeness (QED) is 0.691. The molecule has 0 aliphatic rings. The van der Waals surface area contributed by atoms with E-state index in [0.29, 0.717) is 0 Å². The zero-order valence-electron chi connectivity index (χ0n) is 8.90. The summed E-state index contributed by atoms with van der Waals surface area (Å²) < 4.78 is 0. The summed E-state index contributed by atoms with van der Waals surface area (Å²) in [6, 6.07) is 0.245. The van der Waals surface area contributed by atoms with Gasteiger partial charge < -0.3 is 5.32 Å². The van der Waals surface area contributed by atoms with Crippen molar-refractivity contribution in [3.05, 3.63) is 0 Å². The fourth-order valence-electron chi connectivity index (χ4n) is 1.01. The Bertz CT molecular complexity index is 148. The van der Waals surface area contributed by atoms with E-state index >= 15 is 0 Å². The fraction of sp³-hybridized carbons (Fsp3) is 0.900. The zero-order chi connectivity index (χ0) is 9.78. The Hall–Kier alpha value is -0.530. The molecular weight excluding hydrogens is 150 g/mol. The van der Waals surface area contributed by atoms with Crippen LogP contribution in [0.15, 0.2) is 0 Å². The third kappa shape index (κ3) is 2.84. The van der Waals surface area contributed by atoms with Gasteiger partial charge in [0.2, 0.25) is 5.91 Å². The molecule has 0 unspecified atom stereocenters. The number of amides is 1. The number of hydrogen-bond acceptors (Lipinski definition) is 1. The third-order valence-electron chi connectivity index (χ3n) is 2.53. The van der Waals surface area contributed by atoms with E-state index in [0.717, 1.165) is 12.8 Å². The monoisotopic (exact) mass is 171 g/mol. The lowest BCUT2D eigenvalue weighted by Crippen LogP contribution is -2.41. The van der Waals surface area contributed by atoms with Crippen LogP contribution in [0.4, 0.5) is 0 Å². The van der Waals surface area contributed by atoms with Crippen molar-refractivity contribution in [2.24, 2.45) is 5.41 Å². The average molecular weight is 171 g/mol. The summed E-state index contributed by atoms with van der Waals surface area (Å²) in [5.74, 6) is 0.183. The summed E-state index contributed by atoms with van der Waals surface area (Å²) in [5, 5.41) is 2.95. The second kappa shape index (κ2) is 4.48. The maximum absolute atomic E-state index is 11.6. The van der Waals surface area contributed by atoms with E-state index in [1.54, 1.807) is 0 Å². The lowest BCUT2D eigenvalue weighted by molar-refractivity contribution is -0.131. The van der Waals surface area contributed by atoms with E-state index in [1.165, 1.54) is 0 Å². The third-order valence-corrected chi connectivity index (χ3v) is 2.53. The SMILES string of the molecule is CCC(C)(CC)C(=O)NC(C)C. The van der Waals surface area contributed by atoms with Gasteiger partial charge in [-0.05, 0) is 26.7 Å². The molecule has 0 spiro atoms. The minimum absolute atomic E-state index is 0.176. The van der Waals surface area contributed by atoms with E-state index in [4.69, 9.17) is 0 Å². The van der Waals surface area contributed by atoms with Gasteiger partial charge in [0.15, 0.2) is 0 Å². The van der Waals surface area contributed by atoms with Crippen molar-refractivity contribution in [3.63, 3.8) is 0 Å². The molecule has 0 radical (unpaired) electrons. The van der Waals surface area contributed by atoms with E-state index in [2.05, 4.69) is 19.2 Å². The molecule has 72 valence electrons. The van der Waals surface area contributed by atoms with Crippen molar-refractivity contribution < 1.29 is 4.79 Å². The first kappa shape index (κ1) is 11.5. The highest BCUT2D eigenvalue weighted by molar-refractivity contribution is 5.82. The van der Waals surface area contributed by atoms with Crippen molar-refractivity contribution in [1.82, 2.24) is 5.32 Å². The fourth-order valence-corrected chi connectivity index (χ4v) is 1.01. The Balaban J connectivity index is 4.22. The highest BCUT2D eigenvalue weighted by Crippen LogP contribution is 2.25. The average Bonchev–Trinajstić information content (AvgIpc) is 2.02. The maximum Gasteiger partial charge on any atom is 0.226 e. The van der Waals surface area contributed by atoms with Crippen molar-refractivity contribution in [2.45, 2.75) is 53.5 Å². The smallest absolute Gasteiger partial charge is 0.226 e. The Morgan fingerprint density at radius 2 is 1.75 bits per heavy atom. The van der Waals surface area contributed by atoms with Gasteiger partial charge in [0.1, 0.15) is 0 Å². The van der Waals surface area contributed by atoms with Crippen LogP contribution >= 0.6 is 0 Å². The predicted molar refractivity (Wildman–Crippen MR) is 52.0 cm³/mol. The molecule has 12 heavy (non-hydrogen) atoms. The second-order valence-electron chi connectivity index (χ2n) is 3.90. The highest BCUT2D eigenvalue weighted by atomic mass is 16.2. The molecule has 0 aromatic rings. The summed E-state index contributed by atoms with van der Waals surface area (Å²) >= 11 is 0. The Morgan fingerprint density at radius 3 is 2.00 bits per heavy atom. The van der Waals surface area contributed by atoms with Crippen LogP contribution in [0.3, 0.4) is 0 Å². The molecule has 0 saturated carbocycles. The van der Waals surface area contributed by atoms with Crippen LogP contribution in [0.2, 0.25) is 0 Å². The minimum atomic E-state index is -0.176. The van der Waals surface area contributed by atoms with Crippen LogP contribution < -0.4 is 5.32 Å². The summed E-state index contributed by atoms with van der Waals surface area (Å²) in [6.45, 7) is 10.1. The Labute approximate surface area is 75.7 Å². The molecule has 0 atom stereocenters. The number of carbonyl (C=O) groups is 1. The van der Waals surface area contributed by atoms with Crippen molar-refractivity contribution in [2.75, 3.05) is 0 Å². The standard InChI is InChI=1S/C10H21NO/c1-6-10(5,7-2)9(12)11-8(3)4/h8H,6-7H2,1-5H3,(H,11,12). The molecule has 2 nitrogen and oxygen atoms in total. The number of nitrogens with one attached hydrogen (secondary N) is 1. The zero-order valence-corrected chi connectivity index (χ0v) is 8.90. The highest BCUT2D eigenvalue weighted by Gasteiger charge is 2.28. The van der Waals surface area contributed by atoms with Gasteiger partial charge in [0.25, 0.3) is 0 Å². The molecule has 0 rings (SSSR count). The van der Waals surface area contributed by atoms with Gasteiger partial charge in [0, 0.05) is 11.5 Å². The molecule has 1 N–H and O–H groups in total. The van der Waals surface area contributed by atoms with Crippen LogP contribution in [0.25, 0.3) is 0 Å². The summed E-state index contributed by atoms with van der Waals surface area (Å²) in [5.41, 5.74) is -0.176. The van der Waals surface area contributed by atoms with Crippen molar-refractivity contribution in [1.29, 1.82) is 0 Å². The molecule has 0 fully saturated rings. The second-order valence-corrected chi connectivity index (χ2v) is 3.90. The Morgan fingerprint density at radius 1 is 1.33 bits per heavy atom. The van der Waals surface area contributed by atoms with E-state index in [9.17, 15) is 4.79 Å². The topological polar surface area (TPSA) is 29.1 Å². The van der Waals surface area contributed by atoms with Crippen LogP contribution in [-0.2, 0) is 4.79 Å². The van der Waals surface area contributed by atoms with E-state index < -0.39 is 0 Å². The summed E-state index contributed by atoms with van der Waals surface area (Å²) in [4.78, 5) is 11.6. The molecule has 0 aliphatic carbocycles. The van der Waals surface area contributed by atoms with Crippen molar-refractivity contribution in [3.8, 4) is 0 Å². The Kier molecular flexibility index (Phi) is 4.29. The molecule has 0 saturated heterocycles. The lowest BCUT2D eigenvalue weighted by atomic mass is 9.83. The summed E-state index contributed by atoms with van der Waals surface area (Å²) in [6.07, 6.45) is 1.81. The number of hydrogen-bond donors (Lipinski definition) is 1. The number of rotatable bonds is 4. The van der Waals surface area contributed by atoms with Crippen LogP contribution in [0.5, 0.6) is 0 Å². The van der Waals surface area contributed by atoms with Crippen molar-refractivity contribution >= 4 is 5.91 Å².